The molecule has 0 atom stereocenters. The minimum Gasteiger partial charge on any atom is -0.452 e. The van der Waals surface area contributed by atoms with Crippen molar-refractivity contribution in [2.45, 2.75) is 0 Å². The van der Waals surface area contributed by atoms with Gasteiger partial charge >= 0.3 is 5.97 Å². The molecule has 0 unspecified atom stereocenters. The summed E-state index contributed by atoms with van der Waals surface area (Å²) in [6, 6.07) is 13.9. The van der Waals surface area contributed by atoms with E-state index in [0.29, 0.717) is 15.2 Å². The molecule has 8 heteroatoms. The van der Waals surface area contributed by atoms with E-state index in [1.165, 1.54) is 29.5 Å². The summed E-state index contributed by atoms with van der Waals surface area (Å²) in [7, 11) is 0. The van der Waals surface area contributed by atoms with E-state index >= 15 is 0 Å². The summed E-state index contributed by atoms with van der Waals surface area (Å²) in [6.07, 6.45) is 0. The Kier molecular flexibility index (Phi) is 5.88. The summed E-state index contributed by atoms with van der Waals surface area (Å²) >= 11 is 13.0. The topological polar surface area (TPSA) is 68.3 Å². The zero-order valence-electron chi connectivity index (χ0n) is 13.2. The summed E-state index contributed by atoms with van der Waals surface area (Å²) < 4.78 is 4.97. The van der Waals surface area contributed by atoms with Crippen LogP contribution in [0.2, 0.25) is 10.0 Å². The highest BCUT2D eigenvalue weighted by Crippen LogP contribution is 2.24. The smallest absolute Gasteiger partial charge is 0.338 e. The van der Waals surface area contributed by atoms with E-state index in [1.54, 1.807) is 0 Å². The average molecular weight is 407 g/mol. The van der Waals surface area contributed by atoms with Gasteiger partial charge in [0, 0.05) is 21.0 Å². The first kappa shape index (κ1) is 18.4. The first-order chi connectivity index (χ1) is 12.5. The molecule has 0 bridgehead atoms. The number of esters is 1. The quantitative estimate of drug-likeness (QED) is 0.610. The zero-order chi connectivity index (χ0) is 18.5. The van der Waals surface area contributed by atoms with Gasteiger partial charge in [-0.25, -0.2) is 9.78 Å². The number of nitrogens with zero attached hydrogens (tertiary/aromatic N) is 1. The van der Waals surface area contributed by atoms with Crippen molar-refractivity contribution in [1.29, 1.82) is 0 Å². The van der Waals surface area contributed by atoms with E-state index in [4.69, 9.17) is 27.9 Å². The van der Waals surface area contributed by atoms with Crippen LogP contribution in [0, 0.1) is 0 Å². The summed E-state index contributed by atoms with van der Waals surface area (Å²) in [5, 5.41) is 5.49. The third-order valence-corrected chi connectivity index (χ3v) is 4.45. The molecule has 5 nitrogen and oxygen atoms in total. The molecule has 0 spiro atoms. The number of carbonyl (C=O) groups excluding carboxylic acids is 2. The zero-order valence-corrected chi connectivity index (χ0v) is 15.6. The molecule has 1 amide bonds. The number of hydrogen-bond donors (Lipinski definition) is 1. The number of thiazole rings is 1. The van der Waals surface area contributed by atoms with Crippen LogP contribution < -0.4 is 5.32 Å². The Balaban J connectivity index is 1.56. The fourth-order valence-electron chi connectivity index (χ4n) is 2.11. The van der Waals surface area contributed by atoms with Gasteiger partial charge in [0.2, 0.25) is 0 Å². The van der Waals surface area contributed by atoms with E-state index in [1.807, 2.05) is 35.7 Å². The maximum atomic E-state index is 12.0. The van der Waals surface area contributed by atoms with Crippen molar-refractivity contribution in [3.05, 3.63) is 69.5 Å². The standard InChI is InChI=1S/C18H12Cl2N2O3S/c19-13-6-12(7-14(20)8-13)17(24)25-9-16(23)22-18-21-15(10-26-18)11-4-2-1-3-5-11/h1-8,10H,9H2,(H,21,22,23). The normalized spacial score (nSPS) is 10.4. The van der Waals surface area contributed by atoms with Crippen LogP contribution in [0.25, 0.3) is 11.3 Å². The van der Waals surface area contributed by atoms with E-state index in [2.05, 4.69) is 10.3 Å². The summed E-state index contributed by atoms with van der Waals surface area (Å²) in [5.74, 6) is -1.17. The molecule has 1 N–H and O–H groups in total. The molecule has 0 fully saturated rings. The van der Waals surface area contributed by atoms with Gasteiger partial charge in [0.1, 0.15) is 0 Å². The van der Waals surface area contributed by atoms with Crippen LogP contribution in [-0.4, -0.2) is 23.5 Å². The molecule has 2 aromatic carbocycles. The molecule has 0 radical (unpaired) electrons. The molecule has 0 aliphatic heterocycles. The number of anilines is 1. The molecule has 26 heavy (non-hydrogen) atoms. The largest absolute Gasteiger partial charge is 0.452 e. The number of benzene rings is 2. The van der Waals surface area contributed by atoms with E-state index in [0.717, 1.165) is 11.3 Å². The SMILES string of the molecule is O=C(COC(=O)c1cc(Cl)cc(Cl)c1)Nc1nc(-c2ccccc2)cs1. The average Bonchev–Trinajstić information content (AvgIpc) is 3.08. The highest BCUT2D eigenvalue weighted by molar-refractivity contribution is 7.14. The van der Waals surface area contributed by atoms with Gasteiger partial charge in [-0.2, -0.15) is 0 Å². The number of rotatable bonds is 5. The lowest BCUT2D eigenvalue weighted by atomic mass is 10.2. The van der Waals surface area contributed by atoms with Gasteiger partial charge in [-0.3, -0.25) is 10.1 Å². The minimum atomic E-state index is -0.686. The van der Waals surface area contributed by atoms with Crippen molar-refractivity contribution in [3.8, 4) is 11.3 Å². The van der Waals surface area contributed by atoms with E-state index < -0.39 is 18.5 Å². The molecule has 3 rings (SSSR count). The van der Waals surface area contributed by atoms with Gasteiger partial charge in [-0.05, 0) is 18.2 Å². The Morgan fingerprint density at radius 3 is 2.46 bits per heavy atom. The third kappa shape index (κ3) is 4.82. The number of ether oxygens (including phenoxy) is 1. The Labute approximate surface area is 163 Å². The number of amides is 1. The van der Waals surface area contributed by atoms with Gasteiger partial charge in [-0.1, -0.05) is 53.5 Å². The molecule has 0 aliphatic carbocycles. The first-order valence-electron chi connectivity index (χ1n) is 7.45. The Bertz CT molecular complexity index is 924. The van der Waals surface area contributed by atoms with Gasteiger partial charge in [-0.15, -0.1) is 11.3 Å². The lowest BCUT2D eigenvalue weighted by Crippen LogP contribution is -2.20. The molecular formula is C18H12Cl2N2O3S. The Hall–Kier alpha value is -2.41. The maximum Gasteiger partial charge on any atom is 0.338 e. The fraction of sp³-hybridized carbons (Fsp3) is 0.0556. The van der Waals surface area contributed by atoms with Crippen molar-refractivity contribution < 1.29 is 14.3 Å². The molecule has 1 aromatic heterocycles. The maximum absolute atomic E-state index is 12.0. The van der Waals surface area contributed by atoms with Crippen LogP contribution in [0.1, 0.15) is 10.4 Å². The van der Waals surface area contributed by atoms with Crippen LogP contribution in [-0.2, 0) is 9.53 Å². The van der Waals surface area contributed by atoms with Gasteiger partial charge < -0.3 is 4.74 Å². The summed E-state index contributed by atoms with van der Waals surface area (Å²) in [5.41, 5.74) is 1.89. The van der Waals surface area contributed by atoms with Crippen LogP contribution in [0.5, 0.6) is 0 Å². The second-order valence-electron chi connectivity index (χ2n) is 5.19. The number of carbonyl (C=O) groups is 2. The molecular weight excluding hydrogens is 395 g/mol. The number of nitrogens with one attached hydrogen (secondary N) is 1. The highest BCUT2D eigenvalue weighted by atomic mass is 35.5. The van der Waals surface area contributed by atoms with Crippen LogP contribution in [0.4, 0.5) is 5.13 Å². The highest BCUT2D eigenvalue weighted by Gasteiger charge is 2.13. The van der Waals surface area contributed by atoms with Crippen molar-refractivity contribution in [1.82, 2.24) is 4.98 Å². The predicted molar refractivity (Wildman–Crippen MR) is 103 cm³/mol. The summed E-state index contributed by atoms with van der Waals surface area (Å²) in [4.78, 5) is 28.3. The minimum absolute atomic E-state index is 0.177. The monoisotopic (exact) mass is 406 g/mol. The summed E-state index contributed by atoms with van der Waals surface area (Å²) in [6.45, 7) is -0.441. The van der Waals surface area contributed by atoms with Crippen LogP contribution in [0.3, 0.4) is 0 Å². The number of halogens is 2. The second-order valence-corrected chi connectivity index (χ2v) is 6.92. The molecule has 0 aliphatic rings. The van der Waals surface area contributed by atoms with Crippen LogP contribution in [0.15, 0.2) is 53.9 Å². The van der Waals surface area contributed by atoms with Gasteiger partial charge in [0.15, 0.2) is 11.7 Å². The molecule has 1 heterocycles. The fourth-order valence-corrected chi connectivity index (χ4v) is 3.38. The molecule has 0 saturated carbocycles. The van der Waals surface area contributed by atoms with E-state index in [9.17, 15) is 9.59 Å². The van der Waals surface area contributed by atoms with Crippen molar-refractivity contribution >= 4 is 51.5 Å². The predicted octanol–water partition coefficient (Wildman–Crippen LogP) is 4.91. The van der Waals surface area contributed by atoms with Gasteiger partial charge in [0.05, 0.1) is 11.3 Å². The Morgan fingerprint density at radius 1 is 1.08 bits per heavy atom. The molecule has 3 aromatic rings. The number of hydrogen-bond acceptors (Lipinski definition) is 5. The van der Waals surface area contributed by atoms with Crippen molar-refractivity contribution in [2.24, 2.45) is 0 Å². The molecule has 0 saturated heterocycles. The van der Waals surface area contributed by atoms with Crippen molar-refractivity contribution in [3.63, 3.8) is 0 Å². The second kappa shape index (κ2) is 8.31. The van der Waals surface area contributed by atoms with Crippen molar-refractivity contribution in [2.75, 3.05) is 11.9 Å². The first-order valence-corrected chi connectivity index (χ1v) is 9.09. The lowest BCUT2D eigenvalue weighted by molar-refractivity contribution is -0.119. The number of aromatic nitrogens is 1. The lowest BCUT2D eigenvalue weighted by Gasteiger charge is -2.05. The Morgan fingerprint density at radius 2 is 1.77 bits per heavy atom. The molecule has 132 valence electrons. The van der Waals surface area contributed by atoms with E-state index in [-0.39, 0.29) is 5.56 Å². The van der Waals surface area contributed by atoms with Crippen LogP contribution >= 0.6 is 34.5 Å². The third-order valence-electron chi connectivity index (χ3n) is 3.25. The van der Waals surface area contributed by atoms with Gasteiger partial charge in [0.25, 0.3) is 5.91 Å².